The van der Waals surface area contributed by atoms with Gasteiger partial charge >= 0.3 is 0 Å². The second-order valence-corrected chi connectivity index (χ2v) is 10.3. The Bertz CT molecular complexity index is 1440. The Morgan fingerprint density at radius 2 is 1.92 bits per heavy atom. The van der Waals surface area contributed by atoms with Gasteiger partial charge in [0.2, 0.25) is 6.39 Å². The Balaban J connectivity index is 1.53. The lowest BCUT2D eigenvalue weighted by Crippen LogP contribution is -2.30. The molecule has 0 fully saturated rings. The minimum Gasteiger partial charge on any atom is -0.490 e. The molecule has 10 nitrogen and oxygen atoms in total. The smallest absolute Gasteiger partial charge is 0.251 e. The summed E-state index contributed by atoms with van der Waals surface area (Å²) in [6.07, 6.45) is 1.56. The van der Waals surface area contributed by atoms with Gasteiger partial charge in [-0.2, -0.15) is 15.3 Å². The first-order valence-corrected chi connectivity index (χ1v) is 12.3. The molecule has 0 spiro atoms. The zero-order valence-corrected chi connectivity index (χ0v) is 22.4. The van der Waals surface area contributed by atoms with Crippen molar-refractivity contribution in [3.05, 3.63) is 77.2 Å². The molecule has 4 rings (SSSR count). The molecule has 2 aromatic carbocycles. The van der Waals surface area contributed by atoms with E-state index in [1.165, 1.54) is 12.5 Å². The number of amides is 1. The van der Waals surface area contributed by atoms with Crippen molar-refractivity contribution in [2.45, 2.75) is 58.6 Å². The lowest BCUT2D eigenvalue weighted by Gasteiger charge is -2.17. The molecule has 0 saturated heterocycles. The first kappa shape index (κ1) is 26.5. The number of nitrogens with zero attached hydrogens (tertiary/aromatic N) is 6. The van der Waals surface area contributed by atoms with Crippen molar-refractivity contribution in [1.29, 1.82) is 5.26 Å². The summed E-state index contributed by atoms with van der Waals surface area (Å²) in [6.45, 7) is 10.1. The maximum atomic E-state index is 13.1. The fourth-order valence-electron chi connectivity index (χ4n) is 4.08. The van der Waals surface area contributed by atoms with Crippen LogP contribution in [0.4, 0.5) is 0 Å². The van der Waals surface area contributed by atoms with Crippen molar-refractivity contribution in [3.63, 3.8) is 0 Å². The number of hydrogen-bond acceptors (Lipinski definition) is 8. The largest absolute Gasteiger partial charge is 0.490 e. The molecule has 1 unspecified atom stereocenters. The number of nitrogens with one attached hydrogen (secondary N) is 1. The molecule has 196 valence electrons. The number of aryl methyl sites for hydroxylation is 1. The average molecular weight is 514 g/mol. The zero-order valence-electron chi connectivity index (χ0n) is 22.4. The molecule has 0 bridgehead atoms. The Morgan fingerprint density at radius 1 is 1.18 bits per heavy atom. The molecule has 4 aromatic rings. The van der Waals surface area contributed by atoms with Crippen LogP contribution in [0.1, 0.15) is 73.8 Å². The second-order valence-electron chi connectivity index (χ2n) is 10.3. The van der Waals surface area contributed by atoms with Crippen LogP contribution in [0.15, 0.2) is 53.4 Å². The van der Waals surface area contributed by atoms with Crippen molar-refractivity contribution in [3.8, 4) is 23.2 Å². The molecule has 1 amide bonds. The summed E-state index contributed by atoms with van der Waals surface area (Å²) in [4.78, 5) is 22.0. The highest BCUT2D eigenvalue weighted by Crippen LogP contribution is 2.25. The van der Waals surface area contributed by atoms with E-state index in [-0.39, 0.29) is 23.0 Å². The summed E-state index contributed by atoms with van der Waals surface area (Å²) in [5.74, 6) is 1.98. The van der Waals surface area contributed by atoms with Crippen LogP contribution in [-0.2, 0) is 18.9 Å². The van der Waals surface area contributed by atoms with Gasteiger partial charge in [-0.1, -0.05) is 50.2 Å². The van der Waals surface area contributed by atoms with Crippen LogP contribution in [0.25, 0.3) is 11.4 Å². The zero-order chi connectivity index (χ0) is 27.4. The third-order valence-electron chi connectivity index (χ3n) is 5.81. The highest BCUT2D eigenvalue weighted by Gasteiger charge is 2.23. The highest BCUT2D eigenvalue weighted by atomic mass is 16.5. The molecule has 0 saturated carbocycles. The predicted molar refractivity (Wildman–Crippen MR) is 140 cm³/mol. The van der Waals surface area contributed by atoms with Gasteiger partial charge in [0.1, 0.15) is 17.6 Å². The number of ether oxygens (including phenoxy) is 1. The first-order valence-electron chi connectivity index (χ1n) is 12.3. The van der Waals surface area contributed by atoms with Crippen molar-refractivity contribution < 1.29 is 14.1 Å². The lowest BCUT2D eigenvalue weighted by atomic mass is 9.96. The normalized spacial score (nSPS) is 12.3. The van der Waals surface area contributed by atoms with E-state index >= 15 is 0 Å². The lowest BCUT2D eigenvalue weighted by molar-refractivity contribution is 0.0934. The molecule has 0 aliphatic rings. The molecular formula is C28H31N7O3. The van der Waals surface area contributed by atoms with Crippen LogP contribution < -0.4 is 10.1 Å². The van der Waals surface area contributed by atoms with Gasteiger partial charge in [-0.3, -0.25) is 9.48 Å². The van der Waals surface area contributed by atoms with E-state index < -0.39 is 6.04 Å². The van der Waals surface area contributed by atoms with Crippen molar-refractivity contribution in [1.82, 2.24) is 30.2 Å². The van der Waals surface area contributed by atoms with Crippen LogP contribution in [0.5, 0.6) is 5.75 Å². The summed E-state index contributed by atoms with van der Waals surface area (Å²) >= 11 is 0. The fourth-order valence-corrected chi connectivity index (χ4v) is 4.08. The van der Waals surface area contributed by atoms with Crippen LogP contribution in [0.2, 0.25) is 0 Å². The van der Waals surface area contributed by atoms with E-state index in [0.717, 1.165) is 17.0 Å². The van der Waals surface area contributed by atoms with Gasteiger partial charge in [-0.15, -0.1) is 0 Å². The standard InChI is InChI=1S/C28H31N7O3/c1-17(2)38-23-12-11-20(14-21(23)15-29)26(36)31-22(25-30-16-37-34-25)13-18-7-9-19(10-8-18)24-32-27(28(3,4)5)35(6)33-24/h7-12,14,16-17,22H,13H2,1-6H3,(H,31,36). The number of rotatable bonds is 8. The summed E-state index contributed by atoms with van der Waals surface area (Å²) in [7, 11) is 1.90. The van der Waals surface area contributed by atoms with Crippen LogP contribution in [0, 0.1) is 11.3 Å². The SMILES string of the molecule is CC(C)Oc1ccc(C(=O)NC(Cc2ccc(-c3nc(C(C)(C)C)n(C)n3)cc2)c2ncon2)cc1C#N. The molecule has 2 aromatic heterocycles. The maximum Gasteiger partial charge on any atom is 0.251 e. The number of carbonyl (C=O) groups excluding carboxylic acids is 1. The van der Waals surface area contributed by atoms with Gasteiger partial charge < -0.3 is 14.6 Å². The summed E-state index contributed by atoms with van der Waals surface area (Å²) in [5, 5.41) is 21.0. The predicted octanol–water partition coefficient (Wildman–Crippen LogP) is 4.54. The van der Waals surface area contributed by atoms with E-state index in [0.29, 0.717) is 29.4 Å². The van der Waals surface area contributed by atoms with Gasteiger partial charge in [0, 0.05) is 30.0 Å². The number of aromatic nitrogens is 5. The average Bonchev–Trinajstić information content (AvgIpc) is 3.54. The van der Waals surface area contributed by atoms with E-state index in [2.05, 4.69) is 47.4 Å². The monoisotopic (exact) mass is 513 g/mol. The molecular weight excluding hydrogens is 482 g/mol. The Morgan fingerprint density at radius 3 is 2.50 bits per heavy atom. The minimum atomic E-state index is -0.551. The number of carbonyl (C=O) groups is 1. The van der Waals surface area contributed by atoms with E-state index in [1.54, 1.807) is 12.1 Å². The molecule has 38 heavy (non-hydrogen) atoms. The molecule has 0 aliphatic heterocycles. The Labute approximate surface area is 221 Å². The Kier molecular flexibility index (Phi) is 7.57. The van der Waals surface area contributed by atoms with E-state index in [9.17, 15) is 10.1 Å². The van der Waals surface area contributed by atoms with Gasteiger partial charge in [-0.05, 0) is 37.6 Å². The molecule has 10 heteroatoms. The highest BCUT2D eigenvalue weighted by molar-refractivity contribution is 5.95. The quantitative estimate of drug-likeness (QED) is 0.363. The minimum absolute atomic E-state index is 0.0928. The number of nitriles is 1. The molecule has 2 heterocycles. The second kappa shape index (κ2) is 10.8. The third kappa shape index (κ3) is 6.06. The maximum absolute atomic E-state index is 13.1. The van der Waals surface area contributed by atoms with Crippen LogP contribution in [0.3, 0.4) is 0 Å². The van der Waals surface area contributed by atoms with E-state index in [1.807, 2.05) is 49.8 Å². The van der Waals surface area contributed by atoms with E-state index in [4.69, 9.17) is 14.2 Å². The molecule has 0 radical (unpaired) electrons. The molecule has 1 N–H and O–H groups in total. The van der Waals surface area contributed by atoms with Crippen LogP contribution in [-0.4, -0.2) is 36.9 Å². The summed E-state index contributed by atoms with van der Waals surface area (Å²) in [6, 6.07) is 14.2. The van der Waals surface area contributed by atoms with Crippen molar-refractivity contribution in [2.24, 2.45) is 7.05 Å². The van der Waals surface area contributed by atoms with Gasteiger partial charge in [0.25, 0.3) is 5.91 Å². The van der Waals surface area contributed by atoms with Crippen molar-refractivity contribution >= 4 is 5.91 Å². The third-order valence-corrected chi connectivity index (χ3v) is 5.81. The summed E-state index contributed by atoms with van der Waals surface area (Å²) < 4.78 is 12.4. The molecule has 1 atom stereocenters. The van der Waals surface area contributed by atoms with Gasteiger partial charge in [-0.25, -0.2) is 4.98 Å². The molecule has 0 aliphatic carbocycles. The van der Waals surface area contributed by atoms with Crippen LogP contribution >= 0.6 is 0 Å². The summed E-state index contributed by atoms with van der Waals surface area (Å²) in [5.41, 5.74) is 2.35. The van der Waals surface area contributed by atoms with Gasteiger partial charge in [0.15, 0.2) is 11.6 Å². The number of benzene rings is 2. The van der Waals surface area contributed by atoms with Crippen molar-refractivity contribution in [2.75, 3.05) is 0 Å². The first-order chi connectivity index (χ1) is 18.0. The topological polar surface area (TPSA) is 132 Å². The fraction of sp³-hybridized carbons (Fsp3) is 0.357. The van der Waals surface area contributed by atoms with Gasteiger partial charge in [0.05, 0.1) is 17.7 Å². The Hall–Kier alpha value is -4.52. The number of hydrogen-bond donors (Lipinski definition) is 1.